The van der Waals surface area contributed by atoms with Crippen LogP contribution in [0, 0.1) is 10.1 Å². The molecule has 0 aliphatic carbocycles. The third kappa shape index (κ3) is 4.44. The third-order valence-electron chi connectivity index (χ3n) is 4.56. The number of amides is 1. The van der Waals surface area contributed by atoms with Crippen LogP contribution in [-0.4, -0.2) is 23.7 Å². The van der Waals surface area contributed by atoms with Gasteiger partial charge in [-0.2, -0.15) is 5.10 Å². The van der Waals surface area contributed by atoms with E-state index in [4.69, 9.17) is 4.74 Å². The van der Waals surface area contributed by atoms with Crippen molar-refractivity contribution < 1.29 is 14.5 Å². The van der Waals surface area contributed by atoms with Gasteiger partial charge in [0.05, 0.1) is 16.0 Å². The second kappa shape index (κ2) is 8.76. The molecule has 0 saturated carbocycles. The number of nitrogens with zero attached hydrogens (tertiary/aromatic N) is 2. The normalized spacial score (nSPS) is 11.1. The first-order chi connectivity index (χ1) is 15.0. The van der Waals surface area contributed by atoms with E-state index in [0.29, 0.717) is 16.9 Å². The van der Waals surface area contributed by atoms with Crippen LogP contribution in [0.3, 0.4) is 0 Å². The number of benzene rings is 3. The van der Waals surface area contributed by atoms with Crippen LogP contribution in [0.15, 0.2) is 78.4 Å². The summed E-state index contributed by atoms with van der Waals surface area (Å²) in [5.41, 5.74) is 3.34. The second-order valence-corrected chi connectivity index (χ2v) is 7.70. The molecule has 4 rings (SSSR count). The van der Waals surface area contributed by atoms with Gasteiger partial charge >= 0.3 is 0 Å². The van der Waals surface area contributed by atoms with Crippen LogP contribution in [0.5, 0.6) is 5.75 Å². The van der Waals surface area contributed by atoms with E-state index in [-0.39, 0.29) is 11.6 Å². The van der Waals surface area contributed by atoms with Crippen LogP contribution < -0.4 is 10.2 Å². The van der Waals surface area contributed by atoms with Crippen LogP contribution in [-0.2, 0) is 0 Å². The van der Waals surface area contributed by atoms with Gasteiger partial charge in [0.1, 0.15) is 12.4 Å². The summed E-state index contributed by atoms with van der Waals surface area (Å²) in [5, 5.41) is 17.6. The number of non-ortho nitro benzene ring substituents is 1. The number of nitro benzene ring substituents is 1. The highest BCUT2D eigenvalue weighted by atomic mass is 32.1. The SMILES string of the molecule is C=CCOc1ccc2cccc(C=NNC(=O)c3cc4cc([N+](=O)[O-])ccc4s3)c2c1. The van der Waals surface area contributed by atoms with Crippen LogP contribution in [0.2, 0.25) is 0 Å². The average Bonchev–Trinajstić information content (AvgIpc) is 3.21. The molecule has 1 N–H and O–H groups in total. The van der Waals surface area contributed by atoms with Gasteiger partial charge in [-0.25, -0.2) is 5.43 Å². The molecular formula is C23H17N3O4S. The molecule has 1 aromatic heterocycles. The Morgan fingerprint density at radius 1 is 1.16 bits per heavy atom. The standard InChI is InChI=1S/C23H17N3O4S/c1-2-10-30-19-8-6-15-4-3-5-16(20(15)13-19)14-24-25-23(27)22-12-17-11-18(26(28)29)7-9-21(17)31-22/h2-9,11-14H,1,10H2,(H,25,27). The quantitative estimate of drug-likeness (QED) is 0.186. The lowest BCUT2D eigenvalue weighted by molar-refractivity contribution is -0.384. The summed E-state index contributed by atoms with van der Waals surface area (Å²) in [6, 6.07) is 17.7. The molecule has 3 aromatic carbocycles. The van der Waals surface area contributed by atoms with E-state index in [1.54, 1.807) is 24.4 Å². The average molecular weight is 431 g/mol. The van der Waals surface area contributed by atoms with E-state index in [2.05, 4.69) is 17.1 Å². The first kappa shape index (κ1) is 20.2. The molecule has 7 nitrogen and oxygen atoms in total. The van der Waals surface area contributed by atoms with Gasteiger partial charge in [0.25, 0.3) is 11.6 Å². The molecule has 0 fully saturated rings. The summed E-state index contributed by atoms with van der Waals surface area (Å²) in [5.74, 6) is 0.340. The molecule has 31 heavy (non-hydrogen) atoms. The Hall–Kier alpha value is -4.04. The number of ether oxygens (including phenoxy) is 1. The van der Waals surface area contributed by atoms with E-state index in [1.807, 2.05) is 36.4 Å². The Balaban J connectivity index is 1.53. The molecule has 0 atom stereocenters. The second-order valence-electron chi connectivity index (χ2n) is 6.62. The third-order valence-corrected chi connectivity index (χ3v) is 5.67. The predicted octanol–water partition coefficient (Wildman–Crippen LogP) is 5.29. The number of fused-ring (bicyclic) bond motifs is 2. The summed E-state index contributed by atoms with van der Waals surface area (Å²) >= 11 is 1.25. The van der Waals surface area contributed by atoms with Gasteiger partial charge in [0, 0.05) is 27.8 Å². The van der Waals surface area contributed by atoms with Crippen molar-refractivity contribution >= 4 is 50.0 Å². The maximum absolute atomic E-state index is 12.5. The van der Waals surface area contributed by atoms with E-state index >= 15 is 0 Å². The van der Waals surface area contributed by atoms with Crippen LogP contribution >= 0.6 is 11.3 Å². The fourth-order valence-corrected chi connectivity index (χ4v) is 4.04. The first-order valence-electron chi connectivity index (χ1n) is 9.33. The van der Waals surface area contributed by atoms with Crippen LogP contribution in [0.25, 0.3) is 20.9 Å². The van der Waals surface area contributed by atoms with E-state index in [1.165, 1.54) is 23.5 Å². The van der Waals surface area contributed by atoms with Crippen LogP contribution in [0.4, 0.5) is 5.69 Å². The van der Waals surface area contributed by atoms with Gasteiger partial charge < -0.3 is 4.74 Å². The molecule has 154 valence electrons. The lowest BCUT2D eigenvalue weighted by Gasteiger charge is -2.07. The van der Waals surface area contributed by atoms with E-state index in [9.17, 15) is 14.9 Å². The first-order valence-corrected chi connectivity index (χ1v) is 10.1. The van der Waals surface area contributed by atoms with Gasteiger partial charge in [-0.15, -0.1) is 11.3 Å². The van der Waals surface area contributed by atoms with Crippen molar-refractivity contribution in [2.75, 3.05) is 6.61 Å². The van der Waals surface area contributed by atoms with Gasteiger partial charge in [0.15, 0.2) is 0 Å². The van der Waals surface area contributed by atoms with Crippen molar-refractivity contribution in [3.8, 4) is 5.75 Å². The minimum absolute atomic E-state index is 0.0114. The zero-order valence-electron chi connectivity index (χ0n) is 16.3. The zero-order chi connectivity index (χ0) is 21.8. The summed E-state index contributed by atoms with van der Waals surface area (Å²) in [6.45, 7) is 4.06. The maximum Gasteiger partial charge on any atom is 0.281 e. The number of carbonyl (C=O) groups excluding carboxylic acids is 1. The largest absolute Gasteiger partial charge is 0.490 e. The van der Waals surface area contributed by atoms with Crippen molar-refractivity contribution in [1.82, 2.24) is 5.43 Å². The lowest BCUT2D eigenvalue weighted by Crippen LogP contribution is -2.16. The summed E-state index contributed by atoms with van der Waals surface area (Å²) in [4.78, 5) is 23.4. The molecule has 0 spiro atoms. The zero-order valence-corrected chi connectivity index (χ0v) is 17.1. The molecule has 8 heteroatoms. The molecule has 0 aliphatic rings. The van der Waals surface area contributed by atoms with Crippen molar-refractivity contribution in [3.05, 3.63) is 93.9 Å². The number of nitrogens with one attached hydrogen (secondary N) is 1. The molecule has 0 aliphatic heterocycles. The topological polar surface area (TPSA) is 93.8 Å². The number of hydrazone groups is 1. The number of hydrogen-bond donors (Lipinski definition) is 1. The molecule has 0 radical (unpaired) electrons. The summed E-state index contributed by atoms with van der Waals surface area (Å²) < 4.78 is 6.39. The molecule has 0 bridgehead atoms. The van der Waals surface area contributed by atoms with Gasteiger partial charge in [-0.3, -0.25) is 14.9 Å². The highest BCUT2D eigenvalue weighted by Crippen LogP contribution is 2.29. The molecule has 1 amide bonds. The van der Waals surface area contributed by atoms with Crippen molar-refractivity contribution in [1.29, 1.82) is 0 Å². The maximum atomic E-state index is 12.5. The van der Waals surface area contributed by atoms with Crippen molar-refractivity contribution in [2.45, 2.75) is 0 Å². The Morgan fingerprint density at radius 3 is 2.84 bits per heavy atom. The minimum atomic E-state index is -0.459. The Bertz CT molecular complexity index is 1340. The number of carbonyl (C=O) groups is 1. The number of hydrogen-bond acceptors (Lipinski definition) is 6. The molecular weight excluding hydrogens is 414 g/mol. The summed E-state index contributed by atoms with van der Waals surface area (Å²) in [7, 11) is 0. The number of thiophene rings is 1. The van der Waals surface area contributed by atoms with Crippen LogP contribution in [0.1, 0.15) is 15.2 Å². The Morgan fingerprint density at radius 2 is 2.03 bits per heavy atom. The Kier molecular flexibility index (Phi) is 5.72. The highest BCUT2D eigenvalue weighted by Gasteiger charge is 2.13. The van der Waals surface area contributed by atoms with Gasteiger partial charge in [-0.1, -0.05) is 36.9 Å². The van der Waals surface area contributed by atoms with Crippen molar-refractivity contribution in [3.63, 3.8) is 0 Å². The predicted molar refractivity (Wildman–Crippen MR) is 123 cm³/mol. The summed E-state index contributed by atoms with van der Waals surface area (Å²) in [6.07, 6.45) is 3.26. The Labute approximate surface area is 181 Å². The smallest absolute Gasteiger partial charge is 0.281 e. The fourth-order valence-electron chi connectivity index (χ4n) is 3.11. The molecule has 0 saturated heterocycles. The van der Waals surface area contributed by atoms with E-state index in [0.717, 1.165) is 26.8 Å². The molecule has 0 unspecified atom stereocenters. The minimum Gasteiger partial charge on any atom is -0.490 e. The fraction of sp³-hybridized carbons (Fsp3) is 0.0435. The monoisotopic (exact) mass is 431 g/mol. The molecule has 1 heterocycles. The number of nitro groups is 1. The highest BCUT2D eigenvalue weighted by molar-refractivity contribution is 7.20. The van der Waals surface area contributed by atoms with Gasteiger partial charge in [-0.05, 0) is 35.0 Å². The lowest BCUT2D eigenvalue weighted by atomic mass is 10.1. The van der Waals surface area contributed by atoms with Gasteiger partial charge in [0.2, 0.25) is 0 Å². The number of rotatable bonds is 7. The van der Waals surface area contributed by atoms with E-state index < -0.39 is 4.92 Å². The van der Waals surface area contributed by atoms with Crippen molar-refractivity contribution in [2.24, 2.45) is 5.10 Å². The molecule has 4 aromatic rings.